The maximum atomic E-state index is 5.29. The summed E-state index contributed by atoms with van der Waals surface area (Å²) in [6.45, 7) is 3.91. The molecule has 90 valence electrons. The fourth-order valence-corrected chi connectivity index (χ4v) is 2.19. The van der Waals surface area contributed by atoms with Crippen molar-refractivity contribution < 1.29 is 8.94 Å². The van der Waals surface area contributed by atoms with Crippen molar-refractivity contribution in [3.63, 3.8) is 0 Å². The second-order valence-electron chi connectivity index (χ2n) is 4.39. The summed E-state index contributed by atoms with van der Waals surface area (Å²) < 4.78 is 10.5. The quantitative estimate of drug-likeness (QED) is 0.860. The Labute approximate surface area is 99.2 Å². The largest absolute Gasteiger partial charge is 0.469 e. The van der Waals surface area contributed by atoms with Gasteiger partial charge in [-0.25, -0.2) is 0 Å². The first-order chi connectivity index (χ1) is 8.34. The molecular weight excluding hydrogens is 218 g/mol. The van der Waals surface area contributed by atoms with E-state index in [-0.39, 0.29) is 0 Å². The Morgan fingerprint density at radius 2 is 2.41 bits per heavy atom. The number of piperidine rings is 1. The summed E-state index contributed by atoms with van der Waals surface area (Å²) in [4.78, 5) is 4.46. The average Bonchev–Trinajstić information content (AvgIpc) is 2.98. The van der Waals surface area contributed by atoms with Gasteiger partial charge in [0.1, 0.15) is 5.76 Å². The minimum atomic E-state index is 0.369. The van der Waals surface area contributed by atoms with Crippen molar-refractivity contribution in [2.45, 2.75) is 25.7 Å². The van der Waals surface area contributed by atoms with Crippen LogP contribution < -0.4 is 5.32 Å². The lowest BCUT2D eigenvalue weighted by Crippen LogP contribution is -2.28. The number of aryl methyl sites for hydroxylation is 1. The number of nitrogens with zero attached hydrogens (tertiary/aromatic N) is 2. The number of aromatic nitrogens is 2. The monoisotopic (exact) mass is 233 g/mol. The minimum absolute atomic E-state index is 0.369. The molecule has 5 heteroatoms. The van der Waals surface area contributed by atoms with Gasteiger partial charge in [0.2, 0.25) is 0 Å². The van der Waals surface area contributed by atoms with Crippen LogP contribution in [0.5, 0.6) is 0 Å². The number of hydrogen-bond acceptors (Lipinski definition) is 5. The predicted molar refractivity (Wildman–Crippen MR) is 61.6 cm³/mol. The molecule has 1 aliphatic heterocycles. The molecule has 0 aliphatic carbocycles. The van der Waals surface area contributed by atoms with E-state index in [4.69, 9.17) is 8.94 Å². The van der Waals surface area contributed by atoms with E-state index >= 15 is 0 Å². The van der Waals surface area contributed by atoms with Crippen LogP contribution in [0.2, 0.25) is 0 Å². The van der Waals surface area contributed by atoms with E-state index in [0.29, 0.717) is 11.8 Å². The predicted octanol–water partition coefficient (Wildman–Crippen LogP) is 2.11. The van der Waals surface area contributed by atoms with Crippen molar-refractivity contribution in [1.29, 1.82) is 0 Å². The lowest BCUT2D eigenvalue weighted by Gasteiger charge is -2.19. The van der Waals surface area contributed by atoms with Gasteiger partial charge >= 0.3 is 0 Å². The van der Waals surface area contributed by atoms with Crippen molar-refractivity contribution in [2.24, 2.45) is 0 Å². The standard InChI is InChI=1S/C12H15N3O2/c1-8-10(4-6-16-8)12-14-11(15-17-12)9-3-2-5-13-7-9/h4,6,9,13H,2-3,5,7H2,1H3. The van der Waals surface area contributed by atoms with Gasteiger partial charge in [0.25, 0.3) is 5.89 Å². The van der Waals surface area contributed by atoms with Gasteiger partial charge in [0.15, 0.2) is 5.82 Å². The van der Waals surface area contributed by atoms with Gasteiger partial charge in [-0.05, 0) is 32.4 Å². The topological polar surface area (TPSA) is 64.1 Å². The van der Waals surface area contributed by atoms with Gasteiger partial charge < -0.3 is 14.3 Å². The molecule has 0 amide bonds. The van der Waals surface area contributed by atoms with Gasteiger partial charge in [-0.3, -0.25) is 0 Å². The van der Waals surface area contributed by atoms with Gasteiger partial charge in [0, 0.05) is 12.5 Å². The molecule has 3 rings (SSSR count). The van der Waals surface area contributed by atoms with Crippen LogP contribution in [-0.2, 0) is 0 Å². The van der Waals surface area contributed by atoms with Gasteiger partial charge in [-0.1, -0.05) is 5.16 Å². The highest BCUT2D eigenvalue weighted by atomic mass is 16.5. The maximum absolute atomic E-state index is 5.29. The van der Waals surface area contributed by atoms with Crippen molar-refractivity contribution in [2.75, 3.05) is 13.1 Å². The third-order valence-electron chi connectivity index (χ3n) is 3.19. The average molecular weight is 233 g/mol. The van der Waals surface area contributed by atoms with Crippen LogP contribution in [0, 0.1) is 6.92 Å². The van der Waals surface area contributed by atoms with Crippen molar-refractivity contribution >= 4 is 0 Å². The molecule has 5 nitrogen and oxygen atoms in total. The molecule has 3 heterocycles. The van der Waals surface area contributed by atoms with E-state index in [2.05, 4.69) is 15.5 Å². The minimum Gasteiger partial charge on any atom is -0.469 e. The van der Waals surface area contributed by atoms with Gasteiger partial charge in [-0.2, -0.15) is 4.98 Å². The van der Waals surface area contributed by atoms with Crippen LogP contribution >= 0.6 is 0 Å². The SMILES string of the molecule is Cc1occc1-c1nc(C2CCCNC2)no1. The summed E-state index contributed by atoms with van der Waals surface area (Å²) in [6.07, 6.45) is 3.92. The molecule has 0 radical (unpaired) electrons. The molecule has 1 atom stereocenters. The number of rotatable bonds is 2. The molecule has 1 saturated heterocycles. The number of hydrogen-bond donors (Lipinski definition) is 1. The highest BCUT2D eigenvalue weighted by Crippen LogP contribution is 2.26. The highest BCUT2D eigenvalue weighted by molar-refractivity contribution is 5.54. The molecule has 2 aromatic rings. The highest BCUT2D eigenvalue weighted by Gasteiger charge is 2.22. The summed E-state index contributed by atoms with van der Waals surface area (Å²) in [7, 11) is 0. The van der Waals surface area contributed by atoms with E-state index in [1.54, 1.807) is 6.26 Å². The first kappa shape index (κ1) is 10.5. The van der Waals surface area contributed by atoms with E-state index in [1.807, 2.05) is 13.0 Å². The first-order valence-corrected chi connectivity index (χ1v) is 5.93. The van der Waals surface area contributed by atoms with E-state index in [0.717, 1.165) is 36.7 Å². The Bertz CT molecular complexity index is 497. The normalized spacial score (nSPS) is 20.6. The Morgan fingerprint density at radius 3 is 3.12 bits per heavy atom. The Balaban J connectivity index is 1.85. The molecule has 0 saturated carbocycles. The molecule has 0 spiro atoms. The second kappa shape index (κ2) is 4.33. The fraction of sp³-hybridized carbons (Fsp3) is 0.500. The molecule has 1 N–H and O–H groups in total. The zero-order valence-electron chi connectivity index (χ0n) is 9.77. The Hall–Kier alpha value is -1.62. The Kier molecular flexibility index (Phi) is 2.68. The van der Waals surface area contributed by atoms with Crippen molar-refractivity contribution in [3.8, 4) is 11.5 Å². The van der Waals surface area contributed by atoms with Crippen LogP contribution in [0.3, 0.4) is 0 Å². The molecule has 0 bridgehead atoms. The smallest absolute Gasteiger partial charge is 0.261 e. The van der Waals surface area contributed by atoms with Crippen LogP contribution in [0.4, 0.5) is 0 Å². The summed E-state index contributed by atoms with van der Waals surface area (Å²) in [5.41, 5.74) is 0.882. The molecule has 1 fully saturated rings. The van der Waals surface area contributed by atoms with E-state index < -0.39 is 0 Å². The van der Waals surface area contributed by atoms with Gasteiger partial charge in [0.05, 0.1) is 11.8 Å². The summed E-state index contributed by atoms with van der Waals surface area (Å²) in [6, 6.07) is 1.85. The second-order valence-corrected chi connectivity index (χ2v) is 4.39. The third kappa shape index (κ3) is 1.98. The number of nitrogens with one attached hydrogen (secondary N) is 1. The van der Waals surface area contributed by atoms with Crippen LogP contribution in [-0.4, -0.2) is 23.2 Å². The lowest BCUT2D eigenvalue weighted by atomic mass is 9.99. The number of furan rings is 1. The molecule has 2 aromatic heterocycles. The van der Waals surface area contributed by atoms with Crippen molar-refractivity contribution in [1.82, 2.24) is 15.5 Å². The van der Waals surface area contributed by atoms with Crippen molar-refractivity contribution in [3.05, 3.63) is 23.9 Å². The lowest BCUT2D eigenvalue weighted by molar-refractivity contribution is 0.392. The first-order valence-electron chi connectivity index (χ1n) is 5.93. The molecule has 1 unspecified atom stereocenters. The van der Waals surface area contributed by atoms with Crippen LogP contribution in [0.15, 0.2) is 21.3 Å². The molecule has 17 heavy (non-hydrogen) atoms. The summed E-state index contributed by atoms with van der Waals surface area (Å²) in [5, 5.41) is 7.42. The van der Waals surface area contributed by atoms with Crippen LogP contribution in [0.25, 0.3) is 11.5 Å². The maximum Gasteiger partial charge on any atom is 0.261 e. The Morgan fingerprint density at radius 1 is 1.47 bits per heavy atom. The summed E-state index contributed by atoms with van der Waals surface area (Å²) >= 11 is 0. The van der Waals surface area contributed by atoms with E-state index in [9.17, 15) is 0 Å². The van der Waals surface area contributed by atoms with Gasteiger partial charge in [-0.15, -0.1) is 0 Å². The zero-order valence-corrected chi connectivity index (χ0v) is 9.77. The van der Waals surface area contributed by atoms with E-state index in [1.165, 1.54) is 6.42 Å². The molecular formula is C12H15N3O2. The molecule has 1 aliphatic rings. The molecule has 0 aromatic carbocycles. The summed E-state index contributed by atoms with van der Waals surface area (Å²) in [5.74, 6) is 2.53. The van der Waals surface area contributed by atoms with Crippen LogP contribution in [0.1, 0.15) is 30.3 Å². The zero-order chi connectivity index (χ0) is 11.7. The third-order valence-corrected chi connectivity index (χ3v) is 3.19. The fourth-order valence-electron chi connectivity index (χ4n) is 2.19.